The van der Waals surface area contributed by atoms with E-state index in [0.29, 0.717) is 38.6 Å². The summed E-state index contributed by atoms with van der Waals surface area (Å²) in [5.74, 6) is 0.798. The molecule has 1 atom stereocenters. The molecule has 1 aliphatic rings. The van der Waals surface area contributed by atoms with Crippen molar-refractivity contribution in [1.82, 2.24) is 9.62 Å². The molecular weight excluding hydrogens is 374 g/mol. The van der Waals surface area contributed by atoms with Gasteiger partial charge in [0, 0.05) is 6.04 Å². The molecule has 0 saturated carbocycles. The van der Waals surface area contributed by atoms with Crippen LogP contribution in [-0.2, 0) is 20.6 Å². The first-order valence-electron chi connectivity index (χ1n) is 10.4. The number of piperazine rings is 1. The molecule has 7 heteroatoms. The van der Waals surface area contributed by atoms with Crippen molar-refractivity contribution in [2.75, 3.05) is 32.7 Å². The summed E-state index contributed by atoms with van der Waals surface area (Å²) in [5.41, 5.74) is 0.808. The number of amides is 1. The fraction of sp³-hybridized carbons (Fsp3) is 0.667. The Balaban J connectivity index is 1.72. The lowest BCUT2D eigenvalue weighted by molar-refractivity contribution is -0.895. The van der Waals surface area contributed by atoms with Gasteiger partial charge < -0.3 is 10.2 Å². The van der Waals surface area contributed by atoms with Crippen LogP contribution in [0.5, 0.6) is 0 Å². The van der Waals surface area contributed by atoms with Crippen molar-refractivity contribution in [3.8, 4) is 0 Å². The highest BCUT2D eigenvalue weighted by atomic mass is 32.2. The standard InChI is InChI=1S/C21H35N3O3S/c1-18(2)8-7-9-19(3)22-21(25)16-23-12-14-24(15-13-23)28(26,27)17-20-10-5-4-6-11-20/h4-6,10-11,18-19H,7-9,12-17H2,1-3H3,(H,22,25)/p+1/t19-/m1/s1. The van der Waals surface area contributed by atoms with Crippen LogP contribution in [0.2, 0.25) is 0 Å². The smallest absolute Gasteiger partial charge is 0.275 e. The zero-order valence-electron chi connectivity index (χ0n) is 17.5. The molecule has 1 fully saturated rings. The van der Waals surface area contributed by atoms with Crippen molar-refractivity contribution >= 4 is 15.9 Å². The van der Waals surface area contributed by atoms with Crippen molar-refractivity contribution in [2.24, 2.45) is 5.92 Å². The van der Waals surface area contributed by atoms with Gasteiger partial charge in [0.15, 0.2) is 6.54 Å². The molecule has 0 aromatic heterocycles. The van der Waals surface area contributed by atoms with E-state index in [2.05, 4.69) is 26.1 Å². The third-order valence-electron chi connectivity index (χ3n) is 5.25. The van der Waals surface area contributed by atoms with Gasteiger partial charge in [0.1, 0.15) is 0 Å². The van der Waals surface area contributed by atoms with Crippen LogP contribution < -0.4 is 10.2 Å². The molecule has 1 aromatic carbocycles. The summed E-state index contributed by atoms with van der Waals surface area (Å²) in [5, 5.41) is 3.08. The molecule has 6 nitrogen and oxygen atoms in total. The summed E-state index contributed by atoms with van der Waals surface area (Å²) in [7, 11) is -3.31. The van der Waals surface area contributed by atoms with Gasteiger partial charge in [0.25, 0.3) is 5.91 Å². The number of hydrogen-bond donors (Lipinski definition) is 2. The van der Waals surface area contributed by atoms with E-state index in [1.165, 1.54) is 6.42 Å². The minimum atomic E-state index is -3.31. The second-order valence-corrected chi connectivity index (χ2v) is 10.3. The third kappa shape index (κ3) is 7.89. The van der Waals surface area contributed by atoms with E-state index < -0.39 is 10.0 Å². The quantitative estimate of drug-likeness (QED) is 0.606. The molecule has 1 heterocycles. The van der Waals surface area contributed by atoms with Gasteiger partial charge in [-0.3, -0.25) is 4.79 Å². The SMILES string of the molecule is CC(C)CCC[C@@H](C)NC(=O)C[NH+]1CCN(S(=O)(=O)Cc2ccccc2)CC1. The van der Waals surface area contributed by atoms with Gasteiger partial charge >= 0.3 is 0 Å². The summed E-state index contributed by atoms with van der Waals surface area (Å²) in [6, 6.07) is 9.47. The maximum absolute atomic E-state index is 12.6. The van der Waals surface area contributed by atoms with E-state index >= 15 is 0 Å². The van der Waals surface area contributed by atoms with Crippen LogP contribution in [0.3, 0.4) is 0 Å². The third-order valence-corrected chi connectivity index (χ3v) is 7.10. The number of nitrogens with zero attached hydrogens (tertiary/aromatic N) is 1. The van der Waals surface area contributed by atoms with Gasteiger partial charge in [-0.1, -0.05) is 57.0 Å². The van der Waals surface area contributed by atoms with Crippen LogP contribution >= 0.6 is 0 Å². The summed E-state index contributed by atoms with van der Waals surface area (Å²) < 4.78 is 26.8. The van der Waals surface area contributed by atoms with Crippen LogP contribution in [0, 0.1) is 5.92 Å². The molecule has 0 unspecified atom stereocenters. The number of carbonyl (C=O) groups excluding carboxylic acids is 1. The molecule has 0 spiro atoms. The maximum atomic E-state index is 12.6. The number of benzene rings is 1. The summed E-state index contributed by atoms with van der Waals surface area (Å²) >= 11 is 0. The predicted octanol–water partition coefficient (Wildman–Crippen LogP) is 1.05. The van der Waals surface area contributed by atoms with Crippen molar-refractivity contribution in [1.29, 1.82) is 0 Å². The predicted molar refractivity (Wildman–Crippen MR) is 112 cm³/mol. The van der Waals surface area contributed by atoms with Gasteiger partial charge in [-0.25, -0.2) is 8.42 Å². The van der Waals surface area contributed by atoms with Crippen LogP contribution in [0.25, 0.3) is 0 Å². The van der Waals surface area contributed by atoms with Crippen molar-refractivity contribution in [2.45, 2.75) is 51.8 Å². The molecular formula is C21H36N3O3S+. The average Bonchev–Trinajstić information content (AvgIpc) is 2.62. The van der Waals surface area contributed by atoms with Crippen molar-refractivity contribution in [3.05, 3.63) is 35.9 Å². The zero-order valence-corrected chi connectivity index (χ0v) is 18.3. The topological polar surface area (TPSA) is 70.9 Å². The summed E-state index contributed by atoms with van der Waals surface area (Å²) in [6.45, 7) is 9.19. The molecule has 0 aliphatic carbocycles. The second kappa shape index (κ2) is 10.9. The number of hydrogen-bond acceptors (Lipinski definition) is 3. The van der Waals surface area contributed by atoms with E-state index in [4.69, 9.17) is 0 Å². The number of rotatable bonds is 10. The second-order valence-electron chi connectivity index (χ2n) is 8.36. The fourth-order valence-corrected chi connectivity index (χ4v) is 5.13. The Morgan fingerprint density at radius 1 is 1.11 bits per heavy atom. The molecule has 1 aromatic rings. The average molecular weight is 411 g/mol. The largest absolute Gasteiger partial charge is 0.349 e. The minimum Gasteiger partial charge on any atom is -0.349 e. The lowest BCUT2D eigenvalue weighted by Crippen LogP contribution is -3.15. The zero-order chi connectivity index (χ0) is 20.6. The van der Waals surface area contributed by atoms with Gasteiger partial charge in [0.2, 0.25) is 10.0 Å². The highest BCUT2D eigenvalue weighted by molar-refractivity contribution is 7.88. The maximum Gasteiger partial charge on any atom is 0.275 e. The molecule has 0 radical (unpaired) electrons. The lowest BCUT2D eigenvalue weighted by atomic mass is 10.0. The molecule has 0 bridgehead atoms. The fourth-order valence-electron chi connectivity index (χ4n) is 3.59. The van der Waals surface area contributed by atoms with Crippen LogP contribution in [0.4, 0.5) is 0 Å². The Morgan fingerprint density at radius 2 is 1.75 bits per heavy atom. The molecule has 1 saturated heterocycles. The Bertz CT molecular complexity index is 699. The van der Waals surface area contributed by atoms with Crippen molar-refractivity contribution < 1.29 is 18.1 Å². The van der Waals surface area contributed by atoms with E-state index in [9.17, 15) is 13.2 Å². The molecule has 1 aliphatic heterocycles. The molecule has 2 N–H and O–H groups in total. The highest BCUT2D eigenvalue weighted by Gasteiger charge is 2.30. The van der Waals surface area contributed by atoms with E-state index in [0.717, 1.165) is 23.3 Å². The van der Waals surface area contributed by atoms with Crippen LogP contribution in [0.15, 0.2) is 30.3 Å². The number of carbonyl (C=O) groups is 1. The van der Waals surface area contributed by atoms with Gasteiger partial charge in [-0.2, -0.15) is 4.31 Å². The number of sulfonamides is 1. The summed E-state index contributed by atoms with van der Waals surface area (Å²) in [6.07, 6.45) is 3.32. The first-order valence-corrected chi connectivity index (χ1v) is 12.0. The van der Waals surface area contributed by atoms with E-state index in [1.54, 1.807) is 4.31 Å². The van der Waals surface area contributed by atoms with E-state index in [-0.39, 0.29) is 17.7 Å². The van der Waals surface area contributed by atoms with E-state index in [1.807, 2.05) is 30.3 Å². The van der Waals surface area contributed by atoms with Crippen LogP contribution in [-0.4, -0.2) is 57.4 Å². The minimum absolute atomic E-state index is 0.0392. The van der Waals surface area contributed by atoms with Gasteiger partial charge in [-0.15, -0.1) is 0 Å². The Hall–Kier alpha value is -1.44. The molecule has 28 heavy (non-hydrogen) atoms. The molecule has 2 rings (SSSR count). The lowest BCUT2D eigenvalue weighted by Gasteiger charge is -2.31. The first kappa shape index (κ1) is 22.8. The number of nitrogens with one attached hydrogen (secondary N) is 2. The number of quaternary nitrogens is 1. The summed E-state index contributed by atoms with van der Waals surface area (Å²) in [4.78, 5) is 13.4. The van der Waals surface area contributed by atoms with Gasteiger partial charge in [0.05, 0.1) is 31.9 Å². The van der Waals surface area contributed by atoms with Crippen LogP contribution in [0.1, 0.15) is 45.6 Å². The molecule has 1 amide bonds. The normalized spacial score (nSPS) is 17.6. The highest BCUT2D eigenvalue weighted by Crippen LogP contribution is 2.11. The Labute approximate surface area is 170 Å². The Kier molecular flexibility index (Phi) is 8.92. The monoisotopic (exact) mass is 410 g/mol. The van der Waals surface area contributed by atoms with Gasteiger partial charge in [-0.05, 0) is 24.8 Å². The first-order chi connectivity index (χ1) is 13.3. The van der Waals surface area contributed by atoms with Crippen molar-refractivity contribution in [3.63, 3.8) is 0 Å². The Morgan fingerprint density at radius 3 is 2.36 bits per heavy atom. The molecule has 158 valence electrons.